The van der Waals surface area contributed by atoms with Crippen molar-refractivity contribution >= 4 is 71.0 Å². The Morgan fingerprint density at radius 1 is 0.701 bits per heavy atom. The first kappa shape index (κ1) is 58.4. The SMILES string of the molecule is CC(C)C[C@H](N)C(=O)N1CCC[C@H]1C(=O)N[C@@H](CC(N)=O)C(=O)N[C@@H](C)C(=O)NCC(=O)N[C@H](C(=O)N[C@@H](CCC(N)=O)C(=O)N[C@H](C(=O)N[C@@H](CCCN=C(N)N)C(=O)O)C(C)C)[C@@H](C)O. The Hall–Kier alpha value is -6.64. The summed E-state index contributed by atoms with van der Waals surface area (Å²) in [5.74, 6) is -11.1. The second-order valence-electron chi connectivity index (χ2n) is 17.0. The first-order chi connectivity index (χ1) is 31.2. The molecule has 1 aliphatic rings. The van der Waals surface area contributed by atoms with Crippen LogP contribution in [0.3, 0.4) is 0 Å². The van der Waals surface area contributed by atoms with Crippen LogP contribution in [0.4, 0.5) is 0 Å². The molecular weight excluding hydrogens is 885 g/mol. The number of hydrogen-bond acceptors (Lipinski definition) is 14. The van der Waals surface area contributed by atoms with Gasteiger partial charge in [0.25, 0.3) is 0 Å². The number of nitrogens with zero attached hydrogens (tertiary/aromatic N) is 2. The Balaban J connectivity index is 3.00. The second-order valence-corrected chi connectivity index (χ2v) is 17.0. The first-order valence-electron chi connectivity index (χ1n) is 21.8. The molecule has 0 unspecified atom stereocenters. The average molecular weight is 955 g/mol. The Labute approximate surface area is 388 Å². The molecular formula is C40H70N14O13. The molecule has 0 aromatic rings. The van der Waals surface area contributed by atoms with Gasteiger partial charge in [0.2, 0.25) is 59.1 Å². The summed E-state index contributed by atoms with van der Waals surface area (Å²) in [6.07, 6.45) is -1.88. The highest BCUT2D eigenvalue weighted by atomic mass is 16.4. The summed E-state index contributed by atoms with van der Waals surface area (Å²) < 4.78 is 0. The van der Waals surface area contributed by atoms with Crippen LogP contribution in [0.15, 0.2) is 4.99 Å². The van der Waals surface area contributed by atoms with E-state index in [9.17, 15) is 63.0 Å². The predicted octanol–water partition coefficient (Wildman–Crippen LogP) is -6.29. The molecule has 0 saturated carbocycles. The second kappa shape index (κ2) is 28.4. The van der Waals surface area contributed by atoms with Crippen molar-refractivity contribution in [2.75, 3.05) is 19.6 Å². The van der Waals surface area contributed by atoms with Crippen molar-refractivity contribution in [3.63, 3.8) is 0 Å². The number of carbonyl (C=O) groups is 11. The van der Waals surface area contributed by atoms with E-state index in [0.29, 0.717) is 12.8 Å². The number of aliphatic hydroxyl groups is 1. The van der Waals surface area contributed by atoms with E-state index in [0.717, 1.165) is 6.92 Å². The Bertz CT molecular complexity index is 1820. The molecule has 10 amide bonds. The van der Waals surface area contributed by atoms with Gasteiger partial charge in [-0.25, -0.2) is 4.79 Å². The van der Waals surface area contributed by atoms with Gasteiger partial charge < -0.3 is 81.0 Å². The van der Waals surface area contributed by atoms with Crippen molar-refractivity contribution in [3.8, 4) is 0 Å². The third-order valence-corrected chi connectivity index (χ3v) is 10.3. The van der Waals surface area contributed by atoms with Gasteiger partial charge in [-0.1, -0.05) is 27.7 Å². The van der Waals surface area contributed by atoms with E-state index in [1.165, 1.54) is 11.8 Å². The molecule has 9 atom stereocenters. The number of amides is 10. The molecule has 1 rings (SSSR count). The standard InChI is InChI=1S/C40H70N14O13/c1-18(2)15-22(41)38(65)54-14-8-10-26(54)35(62)51-25(16-28(43)57)34(61)48-20(5)32(59)47-17-29(58)52-31(21(6)55)37(64)49-23(11-12-27(42)56)33(60)53-30(19(3)4)36(63)50-24(39(66)67)9-7-13-46-40(44)45/h18-26,30-31,55H,7-17,41H2,1-6H3,(H2,42,56)(H2,43,57)(H,47,59)(H,48,61)(H,49,64)(H,50,63)(H,51,62)(H,52,58)(H,53,60)(H,66,67)(H4,44,45,46)/t20-,21+,22-,23-,24-,25-,26-,30-,31-/m0/s1. The van der Waals surface area contributed by atoms with Crippen LogP contribution in [0, 0.1) is 11.8 Å². The van der Waals surface area contributed by atoms with Gasteiger partial charge in [-0.2, -0.15) is 0 Å². The van der Waals surface area contributed by atoms with Crippen LogP contribution in [0.2, 0.25) is 0 Å². The molecule has 19 N–H and O–H groups in total. The summed E-state index contributed by atoms with van der Waals surface area (Å²) in [5.41, 5.74) is 27.2. The fourth-order valence-corrected chi connectivity index (χ4v) is 6.76. The van der Waals surface area contributed by atoms with Gasteiger partial charge in [-0.3, -0.25) is 52.9 Å². The van der Waals surface area contributed by atoms with Gasteiger partial charge in [0.15, 0.2) is 5.96 Å². The maximum Gasteiger partial charge on any atom is 0.326 e. The topological polar surface area (TPSA) is 458 Å². The summed E-state index contributed by atoms with van der Waals surface area (Å²) in [4.78, 5) is 146. The number of nitrogens with two attached hydrogens (primary N) is 5. The largest absolute Gasteiger partial charge is 0.480 e. The average Bonchev–Trinajstić information content (AvgIpc) is 3.72. The molecule has 1 aliphatic heterocycles. The van der Waals surface area contributed by atoms with Crippen LogP contribution < -0.4 is 65.9 Å². The molecule has 0 aliphatic carbocycles. The summed E-state index contributed by atoms with van der Waals surface area (Å²) in [7, 11) is 0. The van der Waals surface area contributed by atoms with E-state index in [-0.39, 0.29) is 44.2 Å². The molecule has 0 radical (unpaired) electrons. The third kappa shape index (κ3) is 21.0. The number of carbonyl (C=O) groups excluding carboxylic acids is 10. The number of rotatable bonds is 29. The van der Waals surface area contributed by atoms with E-state index >= 15 is 0 Å². The van der Waals surface area contributed by atoms with E-state index < -0.39 is 151 Å². The normalized spacial score (nSPS) is 16.9. The molecule has 1 saturated heterocycles. The van der Waals surface area contributed by atoms with Crippen molar-refractivity contribution < 1.29 is 63.0 Å². The molecule has 0 aromatic heterocycles. The number of hydrogen-bond donors (Lipinski definition) is 14. The number of aliphatic imine (C=N–C) groups is 1. The van der Waals surface area contributed by atoms with E-state index in [1.807, 2.05) is 13.8 Å². The Kier molecular flexibility index (Phi) is 24.8. The van der Waals surface area contributed by atoms with Crippen LogP contribution >= 0.6 is 0 Å². The zero-order valence-electron chi connectivity index (χ0n) is 38.8. The zero-order valence-corrected chi connectivity index (χ0v) is 38.8. The zero-order chi connectivity index (χ0) is 51.3. The van der Waals surface area contributed by atoms with Crippen molar-refractivity contribution in [3.05, 3.63) is 0 Å². The van der Waals surface area contributed by atoms with Crippen LogP contribution in [-0.2, 0) is 52.7 Å². The predicted molar refractivity (Wildman–Crippen MR) is 239 cm³/mol. The number of primary amides is 2. The van der Waals surface area contributed by atoms with E-state index in [4.69, 9.17) is 28.7 Å². The van der Waals surface area contributed by atoms with Gasteiger partial charge in [0.05, 0.1) is 25.1 Å². The first-order valence-corrected chi connectivity index (χ1v) is 21.8. The smallest absolute Gasteiger partial charge is 0.326 e. The molecule has 27 nitrogen and oxygen atoms in total. The summed E-state index contributed by atoms with van der Waals surface area (Å²) in [6, 6.07) is -10.8. The molecule has 378 valence electrons. The molecule has 0 aromatic carbocycles. The molecule has 0 spiro atoms. The third-order valence-electron chi connectivity index (χ3n) is 10.3. The fraction of sp³-hybridized carbons (Fsp3) is 0.700. The summed E-state index contributed by atoms with van der Waals surface area (Å²) >= 11 is 0. The lowest BCUT2D eigenvalue weighted by molar-refractivity contribution is -0.143. The summed E-state index contributed by atoms with van der Waals surface area (Å²) in [5, 5.41) is 36.4. The maximum atomic E-state index is 13.5. The molecule has 1 heterocycles. The van der Waals surface area contributed by atoms with Crippen molar-refractivity contribution in [2.45, 2.75) is 147 Å². The number of likely N-dealkylation sites (tertiary alicyclic amines) is 1. The van der Waals surface area contributed by atoms with Gasteiger partial charge in [-0.15, -0.1) is 0 Å². The molecule has 27 heteroatoms. The van der Waals surface area contributed by atoms with Crippen molar-refractivity contribution in [1.82, 2.24) is 42.1 Å². The van der Waals surface area contributed by atoms with E-state index in [2.05, 4.69) is 42.2 Å². The quantitative estimate of drug-likeness (QED) is 0.0188. The maximum absolute atomic E-state index is 13.5. The van der Waals surface area contributed by atoms with Gasteiger partial charge >= 0.3 is 5.97 Å². The van der Waals surface area contributed by atoms with Crippen LogP contribution in [-0.4, -0.2) is 160 Å². The molecule has 0 bridgehead atoms. The van der Waals surface area contributed by atoms with Crippen molar-refractivity contribution in [2.24, 2.45) is 45.5 Å². The molecule has 1 fully saturated rings. The van der Waals surface area contributed by atoms with Crippen LogP contribution in [0.25, 0.3) is 0 Å². The Morgan fingerprint density at radius 3 is 1.84 bits per heavy atom. The fourth-order valence-electron chi connectivity index (χ4n) is 6.76. The van der Waals surface area contributed by atoms with Crippen LogP contribution in [0.5, 0.6) is 0 Å². The highest BCUT2D eigenvalue weighted by molar-refractivity contribution is 5.98. The van der Waals surface area contributed by atoms with Gasteiger partial charge in [0.1, 0.15) is 42.3 Å². The van der Waals surface area contributed by atoms with Gasteiger partial charge in [0, 0.05) is 19.5 Å². The minimum Gasteiger partial charge on any atom is -0.480 e. The lowest BCUT2D eigenvalue weighted by Gasteiger charge is -2.29. The number of aliphatic hydroxyl groups excluding tert-OH is 1. The number of carboxylic acid groups (broad SMARTS) is 1. The highest BCUT2D eigenvalue weighted by Gasteiger charge is 2.39. The van der Waals surface area contributed by atoms with Crippen LogP contribution in [0.1, 0.15) is 92.9 Å². The number of aliphatic carboxylic acids is 1. The van der Waals surface area contributed by atoms with E-state index in [1.54, 1.807) is 13.8 Å². The lowest BCUT2D eigenvalue weighted by atomic mass is 10.0. The monoisotopic (exact) mass is 955 g/mol. The lowest BCUT2D eigenvalue weighted by Crippen LogP contribution is -2.60. The summed E-state index contributed by atoms with van der Waals surface area (Å²) in [6.45, 7) is 8.74. The molecule has 67 heavy (non-hydrogen) atoms. The Morgan fingerprint density at radius 2 is 1.30 bits per heavy atom. The minimum atomic E-state index is -1.76. The van der Waals surface area contributed by atoms with Crippen molar-refractivity contribution in [1.29, 1.82) is 0 Å². The number of guanidine groups is 1. The number of carboxylic acids is 1. The highest BCUT2D eigenvalue weighted by Crippen LogP contribution is 2.20. The minimum absolute atomic E-state index is 0.0693. The number of nitrogens with one attached hydrogen (secondary N) is 7. The van der Waals surface area contributed by atoms with Gasteiger partial charge in [-0.05, 0) is 64.2 Å².